The zero-order chi connectivity index (χ0) is 14.0. The fraction of sp³-hybridized carbons (Fsp3) is 0.417. The summed E-state index contributed by atoms with van der Waals surface area (Å²) >= 11 is 5.95. The number of hydrogen-bond donors (Lipinski definition) is 0. The minimum Gasteiger partial charge on any atom is -0.336 e. The number of halogens is 1. The summed E-state index contributed by atoms with van der Waals surface area (Å²) in [4.78, 5) is 26.3. The van der Waals surface area contributed by atoms with E-state index in [0.717, 1.165) is 13.1 Å². The molecule has 2 rings (SSSR count). The van der Waals surface area contributed by atoms with Crippen molar-refractivity contribution in [2.45, 2.75) is 0 Å². The summed E-state index contributed by atoms with van der Waals surface area (Å²) < 4.78 is 0. The lowest BCUT2D eigenvalue weighted by Gasteiger charge is -2.32. The number of amides is 1. The van der Waals surface area contributed by atoms with Crippen molar-refractivity contribution in [1.29, 1.82) is 0 Å². The van der Waals surface area contributed by atoms with Crippen molar-refractivity contribution in [3.05, 3.63) is 38.9 Å². The molecule has 0 bridgehead atoms. The van der Waals surface area contributed by atoms with Gasteiger partial charge in [0.25, 0.3) is 11.6 Å². The molecule has 0 atom stereocenters. The molecule has 0 radical (unpaired) electrons. The van der Waals surface area contributed by atoms with Gasteiger partial charge in [-0.15, -0.1) is 0 Å². The van der Waals surface area contributed by atoms with Crippen LogP contribution in [0.2, 0.25) is 5.02 Å². The highest BCUT2D eigenvalue weighted by Gasteiger charge is 2.25. The Morgan fingerprint density at radius 2 is 1.95 bits per heavy atom. The van der Waals surface area contributed by atoms with Gasteiger partial charge in [0.05, 0.1) is 10.5 Å². The van der Waals surface area contributed by atoms with E-state index in [1.165, 1.54) is 18.2 Å². The number of piperazine rings is 1. The third-order valence-corrected chi connectivity index (χ3v) is 3.59. The van der Waals surface area contributed by atoms with Crippen LogP contribution >= 0.6 is 11.6 Å². The molecule has 0 unspecified atom stereocenters. The Bertz CT molecular complexity index is 513. The van der Waals surface area contributed by atoms with Gasteiger partial charge in [-0.1, -0.05) is 17.7 Å². The molecular weight excluding hydrogens is 270 g/mol. The standard InChI is InChI=1S/C12H14ClN3O3/c1-14-5-7-15(8-6-14)12(17)9-3-2-4-10(11(9)13)16(18)19/h2-4H,5-8H2,1H3. The van der Waals surface area contributed by atoms with Crippen LogP contribution in [0.25, 0.3) is 0 Å². The molecule has 1 aromatic rings. The molecule has 1 aliphatic rings. The quantitative estimate of drug-likeness (QED) is 0.611. The average Bonchev–Trinajstić information content (AvgIpc) is 2.38. The van der Waals surface area contributed by atoms with Crippen molar-refractivity contribution in [3.63, 3.8) is 0 Å². The first-order valence-corrected chi connectivity index (χ1v) is 6.29. The summed E-state index contributed by atoms with van der Waals surface area (Å²) in [6, 6.07) is 4.30. The molecule has 102 valence electrons. The molecule has 1 aliphatic heterocycles. The topological polar surface area (TPSA) is 66.7 Å². The molecule has 7 heteroatoms. The van der Waals surface area contributed by atoms with Crippen molar-refractivity contribution in [2.75, 3.05) is 33.2 Å². The van der Waals surface area contributed by atoms with Crippen molar-refractivity contribution in [1.82, 2.24) is 9.80 Å². The smallest absolute Gasteiger partial charge is 0.288 e. The highest BCUT2D eigenvalue weighted by Crippen LogP contribution is 2.28. The molecule has 6 nitrogen and oxygen atoms in total. The maximum Gasteiger partial charge on any atom is 0.288 e. The number of rotatable bonds is 2. The Morgan fingerprint density at radius 3 is 2.53 bits per heavy atom. The van der Waals surface area contributed by atoms with E-state index in [0.29, 0.717) is 13.1 Å². The molecule has 0 spiro atoms. The van der Waals surface area contributed by atoms with Crippen LogP contribution in [0.3, 0.4) is 0 Å². The van der Waals surface area contributed by atoms with Crippen molar-refractivity contribution in [2.24, 2.45) is 0 Å². The van der Waals surface area contributed by atoms with E-state index >= 15 is 0 Å². The average molecular weight is 284 g/mol. The molecule has 1 heterocycles. The summed E-state index contributed by atoms with van der Waals surface area (Å²) in [6.45, 7) is 2.79. The van der Waals surface area contributed by atoms with Gasteiger partial charge in [0.15, 0.2) is 0 Å². The van der Waals surface area contributed by atoms with Gasteiger partial charge in [-0.25, -0.2) is 0 Å². The fourth-order valence-corrected chi connectivity index (χ4v) is 2.28. The van der Waals surface area contributed by atoms with E-state index in [4.69, 9.17) is 11.6 Å². The summed E-state index contributed by atoms with van der Waals surface area (Å²) in [5, 5.41) is 10.7. The van der Waals surface area contributed by atoms with Gasteiger partial charge >= 0.3 is 0 Å². The first-order chi connectivity index (χ1) is 9.00. The van der Waals surface area contributed by atoms with Gasteiger partial charge in [-0.2, -0.15) is 0 Å². The Labute approximate surface area is 115 Å². The molecule has 0 saturated carbocycles. The number of carbonyl (C=O) groups excluding carboxylic acids is 1. The molecule has 1 amide bonds. The van der Waals surface area contributed by atoms with Crippen molar-refractivity contribution in [3.8, 4) is 0 Å². The second-order valence-corrected chi connectivity index (χ2v) is 4.87. The lowest BCUT2D eigenvalue weighted by molar-refractivity contribution is -0.384. The second-order valence-electron chi connectivity index (χ2n) is 4.49. The minimum atomic E-state index is -0.580. The maximum atomic E-state index is 12.3. The Balaban J connectivity index is 2.24. The van der Waals surface area contributed by atoms with E-state index in [9.17, 15) is 14.9 Å². The lowest BCUT2D eigenvalue weighted by Crippen LogP contribution is -2.47. The predicted octanol–water partition coefficient (Wildman–Crippen LogP) is 1.64. The Morgan fingerprint density at radius 1 is 1.32 bits per heavy atom. The number of carbonyl (C=O) groups is 1. The molecule has 19 heavy (non-hydrogen) atoms. The first kappa shape index (κ1) is 13.8. The summed E-state index contributed by atoms with van der Waals surface area (Å²) in [5.74, 6) is -0.248. The van der Waals surface area contributed by atoms with Crippen LogP contribution in [-0.4, -0.2) is 53.9 Å². The molecule has 0 aromatic heterocycles. The first-order valence-electron chi connectivity index (χ1n) is 5.91. The van der Waals surface area contributed by atoms with Crippen LogP contribution in [0, 0.1) is 10.1 Å². The largest absolute Gasteiger partial charge is 0.336 e. The predicted molar refractivity (Wildman–Crippen MR) is 71.5 cm³/mol. The zero-order valence-electron chi connectivity index (χ0n) is 10.5. The van der Waals surface area contributed by atoms with Crippen LogP contribution in [0.1, 0.15) is 10.4 Å². The third kappa shape index (κ3) is 2.85. The van der Waals surface area contributed by atoms with Crippen molar-refractivity contribution < 1.29 is 9.72 Å². The number of nitro benzene ring substituents is 1. The van der Waals surface area contributed by atoms with Crippen LogP contribution < -0.4 is 0 Å². The number of likely N-dealkylation sites (N-methyl/N-ethyl adjacent to an activating group) is 1. The van der Waals surface area contributed by atoms with Gasteiger partial charge in [0, 0.05) is 32.2 Å². The van der Waals surface area contributed by atoms with Gasteiger partial charge < -0.3 is 9.80 Å². The highest BCUT2D eigenvalue weighted by atomic mass is 35.5. The monoisotopic (exact) mass is 283 g/mol. The highest BCUT2D eigenvalue weighted by molar-refractivity contribution is 6.35. The Hall–Kier alpha value is -1.66. The van der Waals surface area contributed by atoms with Gasteiger partial charge in [-0.3, -0.25) is 14.9 Å². The van der Waals surface area contributed by atoms with E-state index in [1.807, 2.05) is 7.05 Å². The molecule has 1 fully saturated rings. The SMILES string of the molecule is CN1CCN(C(=O)c2cccc([N+](=O)[O-])c2Cl)CC1. The Kier molecular flexibility index (Phi) is 4.01. The van der Waals surface area contributed by atoms with E-state index < -0.39 is 4.92 Å². The molecular formula is C12H14ClN3O3. The maximum absolute atomic E-state index is 12.3. The second kappa shape index (κ2) is 5.54. The molecule has 1 aromatic carbocycles. The van der Waals surface area contributed by atoms with E-state index in [1.54, 1.807) is 4.90 Å². The molecule has 0 aliphatic carbocycles. The van der Waals surface area contributed by atoms with Gasteiger partial charge in [-0.05, 0) is 13.1 Å². The van der Waals surface area contributed by atoms with Crippen LogP contribution in [0.15, 0.2) is 18.2 Å². The van der Waals surface area contributed by atoms with Gasteiger partial charge in [0.2, 0.25) is 0 Å². The molecule has 0 N–H and O–H groups in total. The van der Waals surface area contributed by atoms with E-state index in [-0.39, 0.29) is 22.2 Å². The number of benzene rings is 1. The van der Waals surface area contributed by atoms with Crippen LogP contribution in [0.4, 0.5) is 5.69 Å². The minimum absolute atomic E-state index is 0.0866. The van der Waals surface area contributed by atoms with Crippen molar-refractivity contribution >= 4 is 23.2 Å². The van der Waals surface area contributed by atoms with Gasteiger partial charge in [0.1, 0.15) is 5.02 Å². The van der Waals surface area contributed by atoms with Crippen LogP contribution in [-0.2, 0) is 0 Å². The van der Waals surface area contributed by atoms with Crippen LogP contribution in [0.5, 0.6) is 0 Å². The van der Waals surface area contributed by atoms with E-state index in [2.05, 4.69) is 4.90 Å². The number of hydrogen-bond acceptors (Lipinski definition) is 4. The molecule has 1 saturated heterocycles. The number of nitrogens with zero attached hydrogens (tertiary/aromatic N) is 3. The lowest BCUT2D eigenvalue weighted by atomic mass is 10.1. The summed E-state index contributed by atoms with van der Waals surface area (Å²) in [6.07, 6.45) is 0. The fourth-order valence-electron chi connectivity index (χ4n) is 2.01. The zero-order valence-corrected chi connectivity index (χ0v) is 11.3. The summed E-state index contributed by atoms with van der Waals surface area (Å²) in [5.41, 5.74) is -0.0398. The number of nitro groups is 1. The third-order valence-electron chi connectivity index (χ3n) is 3.20. The summed E-state index contributed by atoms with van der Waals surface area (Å²) in [7, 11) is 1.99. The normalized spacial score (nSPS) is 16.4.